The van der Waals surface area contributed by atoms with Crippen molar-refractivity contribution in [2.24, 2.45) is 0 Å². The summed E-state index contributed by atoms with van der Waals surface area (Å²) in [4.78, 5) is 11.8. The van der Waals surface area contributed by atoms with E-state index in [-0.39, 0.29) is 23.8 Å². The Kier molecular flexibility index (Phi) is 5.51. The molecule has 7 nitrogen and oxygen atoms in total. The minimum Gasteiger partial charge on any atom is -0.486 e. The van der Waals surface area contributed by atoms with Crippen molar-refractivity contribution >= 4 is 33.4 Å². The molecule has 3 aromatic rings. The minimum absolute atomic E-state index is 0.116. The summed E-state index contributed by atoms with van der Waals surface area (Å²) in [5, 5.41) is 2.73. The molecule has 3 aromatic carbocycles. The first-order chi connectivity index (χ1) is 16.0. The van der Waals surface area contributed by atoms with E-state index in [1.54, 1.807) is 30.3 Å². The normalized spacial score (nSPS) is 14.7. The van der Waals surface area contributed by atoms with Crippen molar-refractivity contribution < 1.29 is 22.7 Å². The van der Waals surface area contributed by atoms with Crippen LogP contribution in [0.15, 0.2) is 77.7 Å². The smallest absolute Gasteiger partial charge is 0.264 e. The summed E-state index contributed by atoms with van der Waals surface area (Å²) in [5.41, 5.74) is 2.75. The van der Waals surface area contributed by atoms with Gasteiger partial charge in [0.2, 0.25) is 5.91 Å². The van der Waals surface area contributed by atoms with Gasteiger partial charge < -0.3 is 14.8 Å². The monoisotopic (exact) mass is 462 g/mol. The number of sulfonamides is 1. The summed E-state index contributed by atoms with van der Waals surface area (Å²) in [6, 6.07) is 19.5. The van der Waals surface area contributed by atoms with Crippen molar-refractivity contribution in [1.82, 2.24) is 0 Å². The van der Waals surface area contributed by atoms with Crippen LogP contribution in [-0.4, -0.2) is 34.1 Å². The molecule has 0 atom stereocenters. The van der Waals surface area contributed by atoms with Gasteiger partial charge in [-0.1, -0.05) is 42.5 Å². The van der Waals surface area contributed by atoms with Crippen molar-refractivity contribution in [3.8, 4) is 11.5 Å². The number of hydrogen-bond acceptors (Lipinski definition) is 5. The number of amides is 1. The zero-order valence-electron chi connectivity index (χ0n) is 17.7. The predicted molar refractivity (Wildman–Crippen MR) is 126 cm³/mol. The Labute approximate surface area is 192 Å². The molecular weight excluding hydrogens is 440 g/mol. The van der Waals surface area contributed by atoms with Crippen LogP contribution >= 0.6 is 0 Å². The molecule has 0 aliphatic carbocycles. The van der Waals surface area contributed by atoms with Crippen molar-refractivity contribution in [3.05, 3.63) is 83.9 Å². The van der Waals surface area contributed by atoms with Gasteiger partial charge in [0.15, 0.2) is 11.5 Å². The molecule has 33 heavy (non-hydrogen) atoms. The van der Waals surface area contributed by atoms with Crippen molar-refractivity contribution in [3.63, 3.8) is 0 Å². The molecule has 5 rings (SSSR count). The quantitative estimate of drug-likeness (QED) is 0.601. The summed E-state index contributed by atoms with van der Waals surface area (Å²) in [5.74, 6) is 0.952. The second kappa shape index (κ2) is 8.63. The minimum atomic E-state index is -3.93. The van der Waals surface area contributed by atoms with Crippen LogP contribution in [0.5, 0.6) is 11.5 Å². The van der Waals surface area contributed by atoms with Gasteiger partial charge in [0.1, 0.15) is 13.2 Å². The number of benzene rings is 3. The lowest BCUT2D eigenvalue weighted by Crippen LogP contribution is -2.31. The van der Waals surface area contributed by atoms with Crippen LogP contribution in [0, 0.1) is 0 Å². The van der Waals surface area contributed by atoms with E-state index in [9.17, 15) is 13.2 Å². The van der Waals surface area contributed by atoms with Crippen molar-refractivity contribution in [2.45, 2.75) is 11.3 Å². The maximum Gasteiger partial charge on any atom is 0.264 e. The Morgan fingerprint density at radius 1 is 0.939 bits per heavy atom. The number of ether oxygens (including phenoxy) is 2. The molecule has 0 saturated carbocycles. The van der Waals surface area contributed by atoms with Crippen molar-refractivity contribution in [2.75, 3.05) is 29.4 Å². The number of nitrogens with one attached hydrogen (secondary N) is 1. The Bertz CT molecular complexity index is 1340. The molecule has 0 radical (unpaired) electrons. The third-order valence-electron chi connectivity index (χ3n) is 5.48. The van der Waals surface area contributed by atoms with Gasteiger partial charge in [-0.05, 0) is 41.5 Å². The van der Waals surface area contributed by atoms with Gasteiger partial charge in [-0.15, -0.1) is 0 Å². The highest BCUT2D eigenvalue weighted by molar-refractivity contribution is 7.92. The van der Waals surface area contributed by atoms with Crippen LogP contribution in [0.4, 0.5) is 11.4 Å². The van der Waals surface area contributed by atoms with E-state index in [1.165, 1.54) is 10.4 Å². The van der Waals surface area contributed by atoms with Crippen LogP contribution in [0.3, 0.4) is 0 Å². The van der Waals surface area contributed by atoms with E-state index in [2.05, 4.69) is 5.32 Å². The SMILES string of the molecule is O=C1Cc2cc(S(=O)(=O)N(CC=Cc3ccccc3)c3ccc4c(c3)OCCO4)ccc2N1. The van der Waals surface area contributed by atoms with Crippen LogP contribution in [-0.2, 0) is 21.2 Å². The standard InChI is InChI=1S/C25H22N2O5S/c28-25-16-19-15-21(9-10-22(19)26-25)33(29,30)27(12-4-7-18-5-2-1-3-6-18)20-8-11-23-24(17-20)32-14-13-31-23/h1-11,15,17H,12-14,16H2,(H,26,28). The molecule has 2 heterocycles. The number of nitrogens with zero attached hydrogens (tertiary/aromatic N) is 1. The van der Waals surface area contributed by atoms with E-state index in [0.29, 0.717) is 41.7 Å². The van der Waals surface area contributed by atoms with E-state index < -0.39 is 10.0 Å². The first-order valence-corrected chi connectivity index (χ1v) is 12.0. The number of rotatable bonds is 6. The van der Waals surface area contributed by atoms with Crippen LogP contribution in [0.25, 0.3) is 6.08 Å². The molecule has 8 heteroatoms. The number of hydrogen-bond donors (Lipinski definition) is 1. The second-order valence-corrected chi connectivity index (χ2v) is 9.58. The highest BCUT2D eigenvalue weighted by Crippen LogP contribution is 2.36. The highest BCUT2D eigenvalue weighted by Gasteiger charge is 2.28. The lowest BCUT2D eigenvalue weighted by atomic mass is 10.2. The molecule has 168 valence electrons. The molecule has 1 amide bonds. The molecule has 0 saturated heterocycles. The average molecular weight is 463 g/mol. The topological polar surface area (TPSA) is 84.9 Å². The number of anilines is 2. The largest absolute Gasteiger partial charge is 0.486 e. The van der Waals surface area contributed by atoms with Gasteiger partial charge in [0, 0.05) is 11.8 Å². The lowest BCUT2D eigenvalue weighted by molar-refractivity contribution is -0.115. The van der Waals surface area contributed by atoms with Gasteiger partial charge in [0.05, 0.1) is 23.5 Å². The third kappa shape index (κ3) is 4.29. The summed E-state index contributed by atoms with van der Waals surface area (Å²) in [6.45, 7) is 0.976. The van der Waals surface area contributed by atoms with Gasteiger partial charge in [-0.3, -0.25) is 9.10 Å². The Morgan fingerprint density at radius 2 is 1.73 bits per heavy atom. The maximum absolute atomic E-state index is 13.7. The third-order valence-corrected chi connectivity index (χ3v) is 7.27. The lowest BCUT2D eigenvalue weighted by Gasteiger charge is -2.26. The molecule has 0 bridgehead atoms. The molecule has 2 aliphatic heterocycles. The maximum atomic E-state index is 13.7. The fourth-order valence-corrected chi connectivity index (χ4v) is 5.33. The first-order valence-electron chi connectivity index (χ1n) is 10.6. The Morgan fingerprint density at radius 3 is 2.55 bits per heavy atom. The molecular formula is C25H22N2O5S. The highest BCUT2D eigenvalue weighted by atomic mass is 32.2. The van der Waals surface area contributed by atoms with E-state index in [4.69, 9.17) is 9.47 Å². The van der Waals surface area contributed by atoms with E-state index >= 15 is 0 Å². The fourth-order valence-electron chi connectivity index (χ4n) is 3.87. The summed E-state index contributed by atoms with van der Waals surface area (Å²) < 4.78 is 40.1. The molecule has 2 aliphatic rings. The van der Waals surface area contributed by atoms with Crippen LogP contribution < -0.4 is 19.1 Å². The number of carbonyl (C=O) groups excluding carboxylic acids is 1. The van der Waals surface area contributed by atoms with Crippen molar-refractivity contribution in [1.29, 1.82) is 0 Å². The molecule has 0 spiro atoms. The molecule has 0 aromatic heterocycles. The van der Waals surface area contributed by atoms with Crippen LogP contribution in [0.1, 0.15) is 11.1 Å². The second-order valence-electron chi connectivity index (χ2n) is 7.72. The van der Waals surface area contributed by atoms with E-state index in [0.717, 1.165) is 5.56 Å². The van der Waals surface area contributed by atoms with Crippen LogP contribution in [0.2, 0.25) is 0 Å². The molecule has 0 unspecified atom stereocenters. The Hall–Kier alpha value is -3.78. The summed E-state index contributed by atoms with van der Waals surface area (Å²) in [6.07, 6.45) is 3.85. The zero-order chi connectivity index (χ0) is 22.8. The van der Waals surface area contributed by atoms with Gasteiger partial charge >= 0.3 is 0 Å². The van der Waals surface area contributed by atoms with Gasteiger partial charge in [-0.2, -0.15) is 0 Å². The fraction of sp³-hybridized carbons (Fsp3) is 0.160. The first kappa shape index (κ1) is 21.1. The predicted octanol–water partition coefficient (Wildman–Crippen LogP) is 3.86. The summed E-state index contributed by atoms with van der Waals surface area (Å²) >= 11 is 0. The molecule has 0 fully saturated rings. The average Bonchev–Trinajstić information content (AvgIpc) is 3.21. The zero-order valence-corrected chi connectivity index (χ0v) is 18.5. The van der Waals surface area contributed by atoms with Gasteiger partial charge in [0.25, 0.3) is 10.0 Å². The van der Waals surface area contributed by atoms with E-state index in [1.807, 2.05) is 42.5 Å². The Balaban J connectivity index is 1.52. The summed E-state index contributed by atoms with van der Waals surface area (Å²) in [7, 11) is -3.93. The number of fused-ring (bicyclic) bond motifs is 2. The van der Waals surface area contributed by atoms with Gasteiger partial charge in [-0.25, -0.2) is 8.42 Å². The number of carbonyl (C=O) groups is 1. The molecule has 1 N–H and O–H groups in total.